The first-order valence-electron chi connectivity index (χ1n) is 4.43. The Kier molecular flexibility index (Phi) is 1.99. The molecule has 3 nitrogen and oxygen atoms in total. The predicted molar refractivity (Wildman–Crippen MR) is 48.6 cm³/mol. The molecule has 0 bridgehead atoms. The van der Waals surface area contributed by atoms with Gasteiger partial charge in [0.2, 0.25) is 0 Å². The first-order chi connectivity index (χ1) is 6.31. The lowest BCUT2D eigenvalue weighted by Gasteiger charge is -2.08. The quantitative estimate of drug-likeness (QED) is 0.734. The Morgan fingerprint density at radius 2 is 2.31 bits per heavy atom. The predicted octanol–water partition coefficient (Wildman–Crippen LogP) is 1.36. The second-order valence-electron chi connectivity index (χ2n) is 3.45. The Hall–Kier alpha value is -1.40. The molecule has 1 heterocycles. The van der Waals surface area contributed by atoms with E-state index in [0.29, 0.717) is 11.6 Å². The molecule has 1 aromatic heterocycles. The highest BCUT2D eigenvalue weighted by atomic mass is 14.7. The number of nitriles is 1. The van der Waals surface area contributed by atoms with E-state index in [1.54, 1.807) is 12.3 Å². The Bertz CT molecular complexity index is 332. The average Bonchev–Trinajstić information content (AvgIpc) is 3.00. The second kappa shape index (κ2) is 3.15. The molecule has 1 atom stereocenters. The third-order valence-electron chi connectivity index (χ3n) is 2.42. The molecular weight excluding hydrogens is 162 g/mol. The lowest BCUT2D eigenvalue weighted by Crippen LogP contribution is -2.12. The fourth-order valence-corrected chi connectivity index (χ4v) is 1.40. The van der Waals surface area contributed by atoms with Gasteiger partial charge in [0.1, 0.15) is 11.8 Å². The molecule has 2 N–H and O–H groups in total. The molecule has 0 aliphatic heterocycles. The normalized spacial score (nSPS) is 17.8. The monoisotopic (exact) mass is 173 g/mol. The lowest BCUT2D eigenvalue weighted by atomic mass is 10.1. The summed E-state index contributed by atoms with van der Waals surface area (Å²) in [6, 6.07) is 5.71. The van der Waals surface area contributed by atoms with Crippen molar-refractivity contribution in [2.75, 3.05) is 0 Å². The molecule has 0 radical (unpaired) electrons. The van der Waals surface area contributed by atoms with Crippen molar-refractivity contribution >= 4 is 0 Å². The van der Waals surface area contributed by atoms with Gasteiger partial charge in [0.15, 0.2) is 0 Å². The minimum atomic E-state index is 0.111. The largest absolute Gasteiger partial charge is 0.324 e. The summed E-state index contributed by atoms with van der Waals surface area (Å²) in [6.07, 6.45) is 4.16. The zero-order chi connectivity index (χ0) is 9.26. The van der Waals surface area contributed by atoms with Gasteiger partial charge in [0.25, 0.3) is 0 Å². The zero-order valence-corrected chi connectivity index (χ0v) is 7.27. The van der Waals surface area contributed by atoms with Gasteiger partial charge in [0.05, 0.1) is 0 Å². The molecule has 3 heteroatoms. The van der Waals surface area contributed by atoms with Crippen LogP contribution in [0.2, 0.25) is 0 Å². The molecular formula is C10H11N3. The third-order valence-corrected chi connectivity index (χ3v) is 2.42. The summed E-state index contributed by atoms with van der Waals surface area (Å²) in [5.41, 5.74) is 7.46. The van der Waals surface area contributed by atoms with Crippen molar-refractivity contribution in [3.8, 4) is 6.07 Å². The maximum absolute atomic E-state index is 8.54. The van der Waals surface area contributed by atoms with Crippen LogP contribution in [0.25, 0.3) is 0 Å². The molecule has 1 aliphatic carbocycles. The SMILES string of the molecule is N#Cc1ccc([C@H](N)C2CC2)cn1. The van der Waals surface area contributed by atoms with Crippen molar-refractivity contribution in [1.29, 1.82) is 5.26 Å². The van der Waals surface area contributed by atoms with Crippen molar-refractivity contribution in [2.45, 2.75) is 18.9 Å². The topological polar surface area (TPSA) is 62.7 Å². The Morgan fingerprint density at radius 3 is 2.77 bits per heavy atom. The Balaban J connectivity index is 2.17. The highest BCUT2D eigenvalue weighted by Crippen LogP contribution is 2.39. The molecule has 66 valence electrons. The van der Waals surface area contributed by atoms with Gasteiger partial charge in [-0.15, -0.1) is 0 Å². The number of rotatable bonds is 2. The van der Waals surface area contributed by atoms with Crippen LogP contribution in [-0.2, 0) is 0 Å². The first-order valence-corrected chi connectivity index (χ1v) is 4.43. The molecule has 2 rings (SSSR count). The molecule has 1 aliphatic rings. The van der Waals surface area contributed by atoms with Gasteiger partial charge >= 0.3 is 0 Å². The summed E-state index contributed by atoms with van der Waals surface area (Å²) in [4.78, 5) is 3.99. The first kappa shape index (κ1) is 8.21. The van der Waals surface area contributed by atoms with Crippen LogP contribution in [-0.4, -0.2) is 4.98 Å². The number of nitrogens with two attached hydrogens (primary N) is 1. The molecule has 1 aromatic rings. The van der Waals surface area contributed by atoms with Crippen LogP contribution in [0, 0.1) is 17.2 Å². The fraction of sp³-hybridized carbons (Fsp3) is 0.400. The highest BCUT2D eigenvalue weighted by molar-refractivity contribution is 5.25. The summed E-state index contributed by atoms with van der Waals surface area (Å²) >= 11 is 0. The van der Waals surface area contributed by atoms with Crippen molar-refractivity contribution in [2.24, 2.45) is 11.7 Å². The highest BCUT2D eigenvalue weighted by Gasteiger charge is 2.29. The number of hydrogen-bond donors (Lipinski definition) is 1. The molecule has 0 saturated heterocycles. The second-order valence-corrected chi connectivity index (χ2v) is 3.45. The van der Waals surface area contributed by atoms with E-state index in [2.05, 4.69) is 4.98 Å². The van der Waals surface area contributed by atoms with Crippen molar-refractivity contribution < 1.29 is 0 Å². The molecule has 1 saturated carbocycles. The number of hydrogen-bond acceptors (Lipinski definition) is 3. The average molecular weight is 173 g/mol. The number of pyridine rings is 1. The summed E-state index contributed by atoms with van der Waals surface area (Å²) < 4.78 is 0. The fourth-order valence-electron chi connectivity index (χ4n) is 1.40. The lowest BCUT2D eigenvalue weighted by molar-refractivity contribution is 0.631. The Morgan fingerprint density at radius 1 is 1.54 bits per heavy atom. The smallest absolute Gasteiger partial charge is 0.140 e. The van der Waals surface area contributed by atoms with E-state index in [1.165, 1.54) is 12.8 Å². The van der Waals surface area contributed by atoms with Crippen LogP contribution < -0.4 is 5.73 Å². The maximum atomic E-state index is 8.54. The van der Waals surface area contributed by atoms with E-state index in [9.17, 15) is 0 Å². The molecule has 0 unspecified atom stereocenters. The van der Waals surface area contributed by atoms with E-state index >= 15 is 0 Å². The molecule has 0 aromatic carbocycles. The van der Waals surface area contributed by atoms with Crippen LogP contribution in [0.4, 0.5) is 0 Å². The standard InChI is InChI=1S/C10H11N3/c11-5-9-4-3-8(6-13-9)10(12)7-1-2-7/h3-4,6-7,10H,1-2,12H2/t10-/m1/s1. The summed E-state index contributed by atoms with van der Waals surface area (Å²) in [5.74, 6) is 0.634. The van der Waals surface area contributed by atoms with Crippen molar-refractivity contribution in [3.05, 3.63) is 29.6 Å². The summed E-state index contributed by atoms with van der Waals surface area (Å²) in [5, 5.41) is 8.54. The van der Waals surface area contributed by atoms with E-state index in [4.69, 9.17) is 11.0 Å². The van der Waals surface area contributed by atoms with E-state index in [-0.39, 0.29) is 6.04 Å². The van der Waals surface area contributed by atoms with Crippen LogP contribution in [0.3, 0.4) is 0 Å². The van der Waals surface area contributed by atoms with Crippen molar-refractivity contribution in [1.82, 2.24) is 4.98 Å². The van der Waals surface area contributed by atoms with Crippen LogP contribution in [0.5, 0.6) is 0 Å². The Labute approximate surface area is 77.2 Å². The summed E-state index contributed by atoms with van der Waals surface area (Å²) in [7, 11) is 0. The van der Waals surface area contributed by atoms with Crippen molar-refractivity contribution in [3.63, 3.8) is 0 Å². The van der Waals surface area contributed by atoms with Gasteiger partial charge in [-0.05, 0) is 30.4 Å². The molecule has 1 fully saturated rings. The molecule has 13 heavy (non-hydrogen) atoms. The zero-order valence-electron chi connectivity index (χ0n) is 7.27. The number of nitrogens with zero attached hydrogens (tertiary/aromatic N) is 2. The minimum absolute atomic E-state index is 0.111. The third kappa shape index (κ3) is 1.68. The van der Waals surface area contributed by atoms with Gasteiger partial charge in [-0.2, -0.15) is 5.26 Å². The van der Waals surface area contributed by atoms with Gasteiger partial charge in [-0.3, -0.25) is 0 Å². The van der Waals surface area contributed by atoms with E-state index in [1.807, 2.05) is 12.1 Å². The maximum Gasteiger partial charge on any atom is 0.140 e. The van der Waals surface area contributed by atoms with Gasteiger partial charge in [-0.25, -0.2) is 4.98 Å². The van der Waals surface area contributed by atoms with Crippen LogP contribution >= 0.6 is 0 Å². The molecule has 0 amide bonds. The van der Waals surface area contributed by atoms with E-state index < -0.39 is 0 Å². The van der Waals surface area contributed by atoms with Crippen LogP contribution in [0.1, 0.15) is 30.1 Å². The number of aromatic nitrogens is 1. The minimum Gasteiger partial charge on any atom is -0.324 e. The van der Waals surface area contributed by atoms with Gasteiger partial charge in [-0.1, -0.05) is 6.07 Å². The molecule has 0 spiro atoms. The van der Waals surface area contributed by atoms with Gasteiger partial charge in [0, 0.05) is 12.2 Å². The summed E-state index contributed by atoms with van der Waals surface area (Å²) in [6.45, 7) is 0. The van der Waals surface area contributed by atoms with Crippen LogP contribution in [0.15, 0.2) is 18.3 Å². The van der Waals surface area contributed by atoms with E-state index in [0.717, 1.165) is 5.56 Å². The van der Waals surface area contributed by atoms with Gasteiger partial charge < -0.3 is 5.73 Å².